The third-order valence-corrected chi connectivity index (χ3v) is 3.82. The zero-order chi connectivity index (χ0) is 15.4. The van der Waals surface area contributed by atoms with Crippen LogP contribution in [0.25, 0.3) is 10.9 Å². The lowest BCUT2D eigenvalue weighted by Gasteiger charge is -2.02. The summed E-state index contributed by atoms with van der Waals surface area (Å²) < 4.78 is 0. The Bertz CT molecular complexity index is 778. The summed E-state index contributed by atoms with van der Waals surface area (Å²) in [6.07, 6.45) is 3.07. The lowest BCUT2D eigenvalue weighted by Crippen LogP contribution is -2.83. The van der Waals surface area contributed by atoms with Crippen LogP contribution in [0.3, 0.4) is 0 Å². The van der Waals surface area contributed by atoms with E-state index in [1.54, 1.807) is 12.1 Å². The maximum absolute atomic E-state index is 10.6. The molecular weight excluding hydrogens is 278 g/mol. The smallest absolute Gasteiger partial charge is 0.269 e. The number of nitro benzene ring substituents is 1. The number of nitrogens with two attached hydrogens (primary N) is 1. The number of benzene rings is 2. The highest BCUT2D eigenvalue weighted by Gasteiger charge is 2.06. The Morgan fingerprint density at radius 1 is 1.09 bits per heavy atom. The first-order chi connectivity index (χ1) is 10.7. The van der Waals surface area contributed by atoms with Crippen molar-refractivity contribution in [2.24, 2.45) is 0 Å². The van der Waals surface area contributed by atoms with E-state index in [0.29, 0.717) is 0 Å². The monoisotopic (exact) mass is 296 g/mol. The fourth-order valence-corrected chi connectivity index (χ4v) is 2.62. The third kappa shape index (κ3) is 3.15. The second-order valence-electron chi connectivity index (χ2n) is 5.31. The van der Waals surface area contributed by atoms with Crippen LogP contribution in [0.4, 0.5) is 5.69 Å². The van der Waals surface area contributed by atoms with Gasteiger partial charge in [0.2, 0.25) is 0 Å². The fourth-order valence-electron chi connectivity index (χ4n) is 2.62. The van der Waals surface area contributed by atoms with Gasteiger partial charge < -0.3 is 10.3 Å². The predicted octanol–water partition coefficient (Wildman–Crippen LogP) is 2.38. The van der Waals surface area contributed by atoms with Crippen molar-refractivity contribution in [3.05, 3.63) is 76.0 Å². The lowest BCUT2D eigenvalue weighted by molar-refractivity contribution is -0.670. The van der Waals surface area contributed by atoms with Gasteiger partial charge in [-0.2, -0.15) is 0 Å². The molecule has 0 aliphatic rings. The number of para-hydroxylation sites is 1. The molecule has 0 amide bonds. The second kappa shape index (κ2) is 6.41. The zero-order valence-electron chi connectivity index (χ0n) is 12.2. The van der Waals surface area contributed by atoms with Gasteiger partial charge in [0, 0.05) is 41.2 Å². The van der Waals surface area contributed by atoms with E-state index in [0.717, 1.165) is 25.1 Å². The molecule has 0 saturated heterocycles. The van der Waals surface area contributed by atoms with Gasteiger partial charge in [-0.25, -0.2) is 0 Å². The summed E-state index contributed by atoms with van der Waals surface area (Å²) in [5.41, 5.74) is 3.75. The molecule has 5 nitrogen and oxygen atoms in total. The summed E-state index contributed by atoms with van der Waals surface area (Å²) in [4.78, 5) is 13.5. The third-order valence-electron chi connectivity index (χ3n) is 3.82. The van der Waals surface area contributed by atoms with Crippen molar-refractivity contribution >= 4 is 16.6 Å². The Balaban J connectivity index is 1.52. The number of aromatic amines is 1. The highest BCUT2D eigenvalue weighted by Crippen LogP contribution is 2.17. The number of H-pyrrole nitrogens is 1. The predicted molar refractivity (Wildman–Crippen MR) is 85.6 cm³/mol. The molecule has 5 heteroatoms. The first-order valence-corrected chi connectivity index (χ1v) is 7.34. The molecule has 2 aromatic carbocycles. The van der Waals surface area contributed by atoms with E-state index in [9.17, 15) is 10.1 Å². The fraction of sp³-hybridized carbons (Fsp3) is 0.176. The maximum Gasteiger partial charge on any atom is 0.269 e. The number of hydrogen-bond acceptors (Lipinski definition) is 2. The van der Waals surface area contributed by atoms with Crippen molar-refractivity contribution in [1.82, 2.24) is 4.98 Å². The standard InChI is InChI=1S/C17H17N3O2/c21-20(22)15-7-5-13(6-8-15)11-18-10-9-14-12-19-17-4-2-1-3-16(14)17/h1-8,12,18-19H,9-11H2/p+1. The van der Waals surface area contributed by atoms with E-state index in [1.165, 1.54) is 16.5 Å². The largest absolute Gasteiger partial charge is 0.361 e. The Morgan fingerprint density at radius 2 is 1.86 bits per heavy atom. The van der Waals surface area contributed by atoms with Crippen LogP contribution in [0.5, 0.6) is 0 Å². The number of nitrogens with one attached hydrogen (secondary N) is 1. The minimum Gasteiger partial charge on any atom is -0.361 e. The van der Waals surface area contributed by atoms with Crippen LogP contribution in [0.2, 0.25) is 0 Å². The molecule has 112 valence electrons. The summed E-state index contributed by atoms with van der Waals surface area (Å²) in [6, 6.07) is 15.1. The molecule has 0 unspecified atom stereocenters. The van der Waals surface area contributed by atoms with Crippen LogP contribution in [-0.4, -0.2) is 16.5 Å². The van der Waals surface area contributed by atoms with Crippen molar-refractivity contribution in [1.29, 1.82) is 0 Å². The van der Waals surface area contributed by atoms with Crippen LogP contribution in [0.1, 0.15) is 11.1 Å². The van der Waals surface area contributed by atoms with Crippen molar-refractivity contribution in [3.63, 3.8) is 0 Å². The number of nitro groups is 1. The van der Waals surface area contributed by atoms with Crippen molar-refractivity contribution in [2.45, 2.75) is 13.0 Å². The Morgan fingerprint density at radius 3 is 2.64 bits per heavy atom. The summed E-state index contributed by atoms with van der Waals surface area (Å²) in [5, 5.41) is 14.1. The molecule has 0 fully saturated rings. The number of quaternary nitrogens is 1. The molecule has 0 spiro atoms. The topological polar surface area (TPSA) is 75.5 Å². The Kier molecular flexibility index (Phi) is 4.16. The number of rotatable bonds is 6. The average Bonchev–Trinajstić information content (AvgIpc) is 2.95. The van der Waals surface area contributed by atoms with Crippen molar-refractivity contribution in [3.8, 4) is 0 Å². The lowest BCUT2D eigenvalue weighted by atomic mass is 10.1. The molecule has 3 aromatic rings. The van der Waals surface area contributed by atoms with E-state index in [4.69, 9.17) is 0 Å². The summed E-state index contributed by atoms with van der Waals surface area (Å²) in [5.74, 6) is 0. The van der Waals surface area contributed by atoms with Crippen LogP contribution in [-0.2, 0) is 13.0 Å². The normalized spacial score (nSPS) is 10.9. The molecule has 22 heavy (non-hydrogen) atoms. The highest BCUT2D eigenvalue weighted by molar-refractivity contribution is 5.82. The number of non-ortho nitro benzene ring substituents is 1. The second-order valence-corrected chi connectivity index (χ2v) is 5.31. The molecule has 3 N–H and O–H groups in total. The molecule has 0 aliphatic carbocycles. The van der Waals surface area contributed by atoms with E-state index in [-0.39, 0.29) is 10.6 Å². The van der Waals surface area contributed by atoms with Crippen LogP contribution in [0.15, 0.2) is 54.7 Å². The molecule has 0 bridgehead atoms. The van der Waals surface area contributed by atoms with E-state index < -0.39 is 0 Å². The van der Waals surface area contributed by atoms with E-state index in [2.05, 4.69) is 34.7 Å². The molecule has 0 saturated carbocycles. The Hall–Kier alpha value is -2.66. The summed E-state index contributed by atoms with van der Waals surface area (Å²) >= 11 is 0. The summed E-state index contributed by atoms with van der Waals surface area (Å²) in [6.45, 7) is 1.82. The van der Waals surface area contributed by atoms with Gasteiger partial charge in [0.15, 0.2) is 0 Å². The van der Waals surface area contributed by atoms with Gasteiger partial charge in [0.05, 0.1) is 11.5 Å². The van der Waals surface area contributed by atoms with Crippen LogP contribution < -0.4 is 5.32 Å². The van der Waals surface area contributed by atoms with Gasteiger partial charge in [0.1, 0.15) is 6.54 Å². The number of hydrogen-bond donors (Lipinski definition) is 2. The molecule has 1 aromatic heterocycles. The number of fused-ring (bicyclic) bond motifs is 1. The van der Waals surface area contributed by atoms with Gasteiger partial charge >= 0.3 is 0 Å². The first-order valence-electron chi connectivity index (χ1n) is 7.34. The minimum absolute atomic E-state index is 0.141. The number of aromatic nitrogens is 1. The van der Waals surface area contributed by atoms with Crippen LogP contribution >= 0.6 is 0 Å². The van der Waals surface area contributed by atoms with Gasteiger partial charge in [0.25, 0.3) is 5.69 Å². The van der Waals surface area contributed by atoms with Gasteiger partial charge in [-0.3, -0.25) is 10.1 Å². The average molecular weight is 296 g/mol. The quantitative estimate of drug-likeness (QED) is 0.416. The van der Waals surface area contributed by atoms with E-state index in [1.807, 2.05) is 18.2 Å². The molecule has 3 rings (SSSR count). The molecule has 0 aliphatic heterocycles. The van der Waals surface area contributed by atoms with Crippen molar-refractivity contribution in [2.75, 3.05) is 6.54 Å². The first kappa shape index (κ1) is 14.3. The van der Waals surface area contributed by atoms with Gasteiger partial charge in [-0.1, -0.05) is 18.2 Å². The van der Waals surface area contributed by atoms with Gasteiger partial charge in [-0.05, 0) is 23.8 Å². The molecular formula is C17H18N3O2+. The minimum atomic E-state index is -0.371. The zero-order valence-corrected chi connectivity index (χ0v) is 12.2. The van der Waals surface area contributed by atoms with Gasteiger partial charge in [-0.15, -0.1) is 0 Å². The molecule has 1 heterocycles. The Labute approximate surface area is 128 Å². The van der Waals surface area contributed by atoms with E-state index >= 15 is 0 Å². The van der Waals surface area contributed by atoms with Crippen molar-refractivity contribution < 1.29 is 10.2 Å². The maximum atomic E-state index is 10.6. The van der Waals surface area contributed by atoms with Crippen LogP contribution in [0, 0.1) is 10.1 Å². The number of nitrogens with zero attached hydrogens (tertiary/aromatic N) is 1. The SMILES string of the molecule is O=[N+]([O-])c1ccc(C[NH2+]CCc2c[nH]c3ccccc23)cc1. The highest BCUT2D eigenvalue weighted by atomic mass is 16.6. The summed E-state index contributed by atoms with van der Waals surface area (Å²) in [7, 11) is 0. The molecule has 0 atom stereocenters. The molecule has 0 radical (unpaired) electrons.